The molecule has 2 heterocycles. The van der Waals surface area contributed by atoms with Crippen molar-refractivity contribution >= 4 is 6.09 Å². The number of amides is 1. The number of hydrogen-bond acceptors (Lipinski definition) is 7. The van der Waals surface area contributed by atoms with Crippen LogP contribution in [0.2, 0.25) is 0 Å². The zero-order valence-electron chi connectivity index (χ0n) is 19.5. The van der Waals surface area contributed by atoms with Gasteiger partial charge in [0.2, 0.25) is 0 Å². The summed E-state index contributed by atoms with van der Waals surface area (Å²) in [5, 5.41) is 23.2. The van der Waals surface area contributed by atoms with E-state index in [9.17, 15) is 15.0 Å². The number of methoxy groups -OCH3 is 1. The van der Waals surface area contributed by atoms with E-state index in [0.29, 0.717) is 25.2 Å². The van der Waals surface area contributed by atoms with Crippen LogP contribution >= 0.6 is 0 Å². The molecule has 33 heavy (non-hydrogen) atoms. The average Bonchev–Trinajstić information content (AvgIpc) is 3.54. The molecule has 6 rings (SSSR count). The van der Waals surface area contributed by atoms with Gasteiger partial charge in [0.1, 0.15) is 12.7 Å². The number of phenols is 1. The summed E-state index contributed by atoms with van der Waals surface area (Å²) in [4.78, 5) is 16.9. The minimum Gasteiger partial charge on any atom is -0.504 e. The van der Waals surface area contributed by atoms with Crippen LogP contribution in [0.3, 0.4) is 0 Å². The molecule has 3 fully saturated rings. The topological polar surface area (TPSA) is 91.7 Å². The Kier molecular flexibility index (Phi) is 4.88. The van der Waals surface area contributed by atoms with E-state index in [4.69, 9.17) is 14.2 Å². The van der Waals surface area contributed by atoms with Gasteiger partial charge in [-0.1, -0.05) is 6.07 Å². The van der Waals surface area contributed by atoms with Crippen LogP contribution in [0.4, 0.5) is 4.79 Å². The van der Waals surface area contributed by atoms with Crippen molar-refractivity contribution in [2.45, 2.75) is 67.7 Å². The number of aliphatic hydroxyl groups is 1. The predicted molar refractivity (Wildman–Crippen MR) is 120 cm³/mol. The van der Waals surface area contributed by atoms with Crippen molar-refractivity contribution in [1.82, 2.24) is 9.80 Å². The number of likely N-dealkylation sites (tertiary alicyclic amines) is 1. The molecule has 0 radical (unpaired) electrons. The van der Waals surface area contributed by atoms with Gasteiger partial charge in [-0.25, -0.2) is 4.79 Å². The summed E-state index contributed by atoms with van der Waals surface area (Å²) in [6.45, 7) is 2.47. The molecule has 2 aliphatic heterocycles. The number of carbonyl (C=O) groups excluding carboxylic acids is 1. The molecule has 1 aromatic rings. The Morgan fingerprint density at radius 1 is 1.27 bits per heavy atom. The summed E-state index contributed by atoms with van der Waals surface area (Å²) < 4.78 is 16.9. The molecule has 2 saturated carbocycles. The minimum absolute atomic E-state index is 0.0286. The number of benzene rings is 1. The maximum Gasteiger partial charge on any atom is 0.409 e. The first kappa shape index (κ1) is 21.5. The summed E-state index contributed by atoms with van der Waals surface area (Å²) in [6.07, 6.45) is 4.46. The number of aromatic hydroxyl groups is 1. The molecule has 3 aliphatic carbocycles. The van der Waals surface area contributed by atoms with E-state index in [-0.39, 0.29) is 24.4 Å². The lowest BCUT2D eigenvalue weighted by atomic mass is 9.48. The van der Waals surface area contributed by atoms with Crippen LogP contribution in [0.5, 0.6) is 11.5 Å². The highest BCUT2D eigenvalue weighted by atomic mass is 16.6. The number of nitrogens with zero attached hydrogens (tertiary/aromatic N) is 2. The van der Waals surface area contributed by atoms with Gasteiger partial charge < -0.3 is 29.3 Å². The first-order chi connectivity index (χ1) is 15.9. The minimum atomic E-state index is -0.950. The van der Waals surface area contributed by atoms with E-state index in [2.05, 4.69) is 4.90 Å². The molecule has 8 nitrogen and oxygen atoms in total. The fourth-order valence-electron chi connectivity index (χ4n) is 7.30. The third-order valence-electron chi connectivity index (χ3n) is 9.03. The Bertz CT molecular complexity index is 966. The molecule has 1 aromatic carbocycles. The highest BCUT2D eigenvalue weighted by Crippen LogP contribution is 2.66. The van der Waals surface area contributed by atoms with E-state index in [1.807, 2.05) is 6.07 Å². The summed E-state index contributed by atoms with van der Waals surface area (Å²) in [5.74, 6) is 1.36. The van der Waals surface area contributed by atoms with Gasteiger partial charge in [-0.3, -0.25) is 4.90 Å². The number of ether oxygens (including phenoxy) is 3. The molecule has 0 aromatic heterocycles. The zero-order chi connectivity index (χ0) is 23.0. The van der Waals surface area contributed by atoms with Crippen molar-refractivity contribution in [3.05, 3.63) is 23.3 Å². The van der Waals surface area contributed by atoms with Gasteiger partial charge >= 0.3 is 6.09 Å². The molecule has 1 amide bonds. The lowest BCUT2D eigenvalue weighted by Crippen LogP contribution is -2.78. The summed E-state index contributed by atoms with van der Waals surface area (Å²) in [7, 11) is 3.32. The van der Waals surface area contributed by atoms with Crippen molar-refractivity contribution in [2.24, 2.45) is 5.92 Å². The van der Waals surface area contributed by atoms with Crippen LogP contribution < -0.4 is 4.74 Å². The van der Waals surface area contributed by atoms with E-state index in [1.54, 1.807) is 25.1 Å². The first-order valence-corrected chi connectivity index (χ1v) is 12.3. The fraction of sp³-hybridized carbons (Fsp3) is 0.720. The molecule has 5 aliphatic rings. The Hall–Kier alpha value is -2.03. The Morgan fingerprint density at radius 3 is 2.85 bits per heavy atom. The van der Waals surface area contributed by atoms with Gasteiger partial charge in [-0.2, -0.15) is 0 Å². The number of piperidine rings is 1. The SMILES string of the molecule is COCCOC(=O)N(C)C1CCC2(O)[C@H]3Cc4ccc(O)c5c4[C@@]2(CCN3CC2CC2)C1O5. The smallest absolute Gasteiger partial charge is 0.409 e. The molecule has 1 saturated heterocycles. The summed E-state index contributed by atoms with van der Waals surface area (Å²) in [6, 6.07) is 3.49. The van der Waals surface area contributed by atoms with Gasteiger partial charge in [0, 0.05) is 32.3 Å². The van der Waals surface area contributed by atoms with E-state index >= 15 is 0 Å². The summed E-state index contributed by atoms with van der Waals surface area (Å²) in [5.41, 5.74) is 0.548. The molecule has 5 atom stereocenters. The largest absolute Gasteiger partial charge is 0.504 e. The van der Waals surface area contributed by atoms with E-state index in [1.165, 1.54) is 12.8 Å². The quantitative estimate of drug-likeness (QED) is 0.631. The number of phenolic OH excluding ortho intramolecular Hbond substituents is 1. The molecule has 8 heteroatoms. The monoisotopic (exact) mass is 458 g/mol. The second-order valence-electron chi connectivity index (χ2n) is 10.6. The van der Waals surface area contributed by atoms with Crippen molar-refractivity contribution in [3.8, 4) is 11.5 Å². The van der Waals surface area contributed by atoms with Gasteiger partial charge in [0.25, 0.3) is 0 Å². The molecule has 2 N–H and O–H groups in total. The normalized spacial score (nSPS) is 36.2. The van der Waals surface area contributed by atoms with Crippen LogP contribution in [0.15, 0.2) is 12.1 Å². The molecular formula is C25H34N2O6. The predicted octanol–water partition coefficient (Wildman–Crippen LogP) is 2.04. The zero-order valence-corrected chi connectivity index (χ0v) is 19.5. The van der Waals surface area contributed by atoms with Crippen molar-refractivity contribution in [3.63, 3.8) is 0 Å². The highest BCUT2D eigenvalue weighted by Gasteiger charge is 2.73. The number of carbonyl (C=O) groups is 1. The average molecular weight is 459 g/mol. The third kappa shape index (κ3) is 2.90. The molecular weight excluding hydrogens is 424 g/mol. The summed E-state index contributed by atoms with van der Waals surface area (Å²) >= 11 is 0. The Morgan fingerprint density at radius 2 is 2.09 bits per heavy atom. The van der Waals surface area contributed by atoms with Crippen molar-refractivity contribution < 1.29 is 29.2 Å². The lowest BCUT2D eigenvalue weighted by Gasteiger charge is -2.64. The molecule has 1 spiro atoms. The maximum absolute atomic E-state index is 12.8. The fourth-order valence-corrected chi connectivity index (χ4v) is 7.30. The van der Waals surface area contributed by atoms with Crippen LogP contribution in [0, 0.1) is 5.92 Å². The Labute approximate surface area is 194 Å². The van der Waals surface area contributed by atoms with Crippen LogP contribution in [0.25, 0.3) is 0 Å². The Balaban J connectivity index is 1.39. The van der Waals surface area contributed by atoms with Crippen molar-refractivity contribution in [2.75, 3.05) is 40.5 Å². The lowest BCUT2D eigenvalue weighted by molar-refractivity contribution is -0.198. The van der Waals surface area contributed by atoms with Crippen molar-refractivity contribution in [1.29, 1.82) is 0 Å². The molecule has 3 unspecified atom stereocenters. The van der Waals surface area contributed by atoms with Gasteiger partial charge in [0.05, 0.1) is 23.7 Å². The van der Waals surface area contributed by atoms with Crippen LogP contribution in [-0.4, -0.2) is 90.4 Å². The van der Waals surface area contributed by atoms with Gasteiger partial charge in [-0.05, 0) is 62.6 Å². The maximum atomic E-state index is 12.8. The number of hydrogen-bond donors (Lipinski definition) is 2. The molecule has 180 valence electrons. The number of rotatable bonds is 6. The van der Waals surface area contributed by atoms with E-state index < -0.39 is 23.2 Å². The van der Waals surface area contributed by atoms with Crippen LogP contribution in [0.1, 0.15) is 43.2 Å². The second kappa shape index (κ2) is 7.48. The second-order valence-corrected chi connectivity index (χ2v) is 10.6. The standard InChI is InChI=1S/C25H34N2O6/c1-26(23(29)32-12-11-31-2)17-7-8-25(30)19-13-16-5-6-18(28)21-20(16)24(25,22(17)33-21)9-10-27(19)14-15-3-4-15/h5-6,15,17,19,22,28,30H,3-4,7-14H2,1-2H3/t17?,19-,22?,24+,25?/m1/s1. The number of likely N-dealkylation sites (N-methyl/N-ethyl adjacent to an activating group) is 1. The highest BCUT2D eigenvalue weighted by molar-refractivity contribution is 5.69. The van der Waals surface area contributed by atoms with Gasteiger partial charge in [-0.15, -0.1) is 0 Å². The third-order valence-corrected chi connectivity index (χ3v) is 9.03. The molecule has 2 bridgehead atoms. The van der Waals surface area contributed by atoms with E-state index in [0.717, 1.165) is 43.0 Å². The van der Waals surface area contributed by atoms with Crippen LogP contribution in [-0.2, 0) is 21.3 Å². The first-order valence-electron chi connectivity index (χ1n) is 12.3. The van der Waals surface area contributed by atoms with Gasteiger partial charge in [0.15, 0.2) is 11.5 Å².